The topological polar surface area (TPSA) is 67.6 Å². The summed E-state index contributed by atoms with van der Waals surface area (Å²) in [7, 11) is 1.67. The predicted octanol–water partition coefficient (Wildman–Crippen LogP) is 2.41. The molecule has 3 rings (SSSR count). The minimum atomic E-state index is -0.0120. The summed E-state index contributed by atoms with van der Waals surface area (Å²) in [5.41, 5.74) is 2.95. The first kappa shape index (κ1) is 17.5. The highest BCUT2D eigenvalue weighted by Crippen LogP contribution is 2.30. The summed E-state index contributed by atoms with van der Waals surface area (Å²) in [5, 5.41) is 7.35. The number of hydrogen-bond acceptors (Lipinski definition) is 5. The minimum Gasteiger partial charge on any atom is -0.496 e. The van der Waals surface area contributed by atoms with Gasteiger partial charge in [0.05, 0.1) is 18.8 Å². The number of amides is 1. The number of ether oxygens (including phenoxy) is 1. The standard InChI is InChI=1S/C19H25N3O3/c1-13-15(14(2)25-21-13)8-9-19(23)22-11-10-20-12-17(22)16-6-4-5-7-18(16)24-3/h4-7,17,20H,8-12H2,1-3H3. The second-order valence-electron chi connectivity index (χ2n) is 6.35. The van der Waals surface area contributed by atoms with Gasteiger partial charge in [0, 0.05) is 37.2 Å². The smallest absolute Gasteiger partial charge is 0.223 e. The third-order valence-electron chi connectivity index (χ3n) is 4.83. The van der Waals surface area contributed by atoms with Gasteiger partial charge in [-0.15, -0.1) is 0 Å². The molecule has 1 aromatic heterocycles. The van der Waals surface area contributed by atoms with Gasteiger partial charge in [0.1, 0.15) is 11.5 Å². The van der Waals surface area contributed by atoms with Crippen molar-refractivity contribution in [2.45, 2.75) is 32.7 Å². The first-order chi connectivity index (χ1) is 12.1. The SMILES string of the molecule is COc1ccccc1C1CNCCN1C(=O)CCc1c(C)noc1C. The van der Waals surface area contributed by atoms with Gasteiger partial charge in [0.15, 0.2) is 0 Å². The Balaban J connectivity index is 1.75. The van der Waals surface area contributed by atoms with E-state index in [9.17, 15) is 4.79 Å². The van der Waals surface area contributed by atoms with Crippen molar-refractivity contribution in [1.29, 1.82) is 0 Å². The summed E-state index contributed by atoms with van der Waals surface area (Å²) in [6.07, 6.45) is 1.11. The molecule has 0 bridgehead atoms. The maximum absolute atomic E-state index is 12.9. The zero-order valence-corrected chi connectivity index (χ0v) is 15.0. The van der Waals surface area contributed by atoms with E-state index in [1.165, 1.54) is 0 Å². The van der Waals surface area contributed by atoms with Crippen LogP contribution in [0.15, 0.2) is 28.8 Å². The van der Waals surface area contributed by atoms with Crippen LogP contribution in [0.25, 0.3) is 0 Å². The van der Waals surface area contributed by atoms with Crippen LogP contribution in [0.2, 0.25) is 0 Å². The summed E-state index contributed by atoms with van der Waals surface area (Å²) in [4.78, 5) is 14.9. The molecule has 6 heteroatoms. The zero-order valence-electron chi connectivity index (χ0n) is 15.0. The highest BCUT2D eigenvalue weighted by Gasteiger charge is 2.29. The summed E-state index contributed by atoms with van der Waals surface area (Å²) >= 11 is 0. The Hall–Kier alpha value is -2.34. The molecule has 0 radical (unpaired) electrons. The van der Waals surface area contributed by atoms with E-state index in [0.29, 0.717) is 19.4 Å². The number of para-hydroxylation sites is 1. The van der Waals surface area contributed by atoms with Crippen molar-refractivity contribution in [3.05, 3.63) is 46.8 Å². The van der Waals surface area contributed by atoms with Crippen molar-refractivity contribution in [3.63, 3.8) is 0 Å². The van der Waals surface area contributed by atoms with Crippen LogP contribution in [0.1, 0.15) is 35.0 Å². The third-order valence-corrected chi connectivity index (χ3v) is 4.83. The molecule has 2 aromatic rings. The summed E-state index contributed by atoms with van der Waals surface area (Å²) < 4.78 is 10.7. The van der Waals surface area contributed by atoms with E-state index in [4.69, 9.17) is 9.26 Å². The average Bonchev–Trinajstić information content (AvgIpc) is 2.97. The monoisotopic (exact) mass is 343 g/mol. The number of aryl methyl sites for hydroxylation is 2. The second kappa shape index (κ2) is 7.70. The van der Waals surface area contributed by atoms with E-state index in [2.05, 4.69) is 10.5 Å². The maximum atomic E-state index is 12.9. The molecule has 1 aliphatic rings. The van der Waals surface area contributed by atoms with Crippen LogP contribution in [0.4, 0.5) is 0 Å². The Morgan fingerprint density at radius 3 is 2.92 bits per heavy atom. The van der Waals surface area contributed by atoms with Crippen LogP contribution >= 0.6 is 0 Å². The van der Waals surface area contributed by atoms with Crippen LogP contribution in [0.5, 0.6) is 5.75 Å². The van der Waals surface area contributed by atoms with E-state index in [1.807, 2.05) is 43.0 Å². The quantitative estimate of drug-likeness (QED) is 0.903. The molecule has 2 heterocycles. The van der Waals surface area contributed by atoms with Crippen LogP contribution < -0.4 is 10.1 Å². The molecule has 1 unspecified atom stereocenters. The molecule has 1 aliphatic heterocycles. The molecule has 0 aliphatic carbocycles. The second-order valence-corrected chi connectivity index (χ2v) is 6.35. The van der Waals surface area contributed by atoms with Crippen molar-refractivity contribution < 1.29 is 14.1 Å². The number of piperazine rings is 1. The number of hydrogen-bond donors (Lipinski definition) is 1. The largest absolute Gasteiger partial charge is 0.496 e. The van der Waals surface area contributed by atoms with E-state index in [1.54, 1.807) is 7.11 Å². The Labute approximate surface area is 148 Å². The van der Waals surface area contributed by atoms with E-state index in [0.717, 1.165) is 41.4 Å². The molecule has 134 valence electrons. The van der Waals surface area contributed by atoms with Gasteiger partial charge in [-0.3, -0.25) is 4.79 Å². The molecule has 1 fully saturated rings. The molecule has 1 amide bonds. The minimum absolute atomic E-state index is 0.0120. The first-order valence-corrected chi connectivity index (χ1v) is 8.66. The molecule has 25 heavy (non-hydrogen) atoms. The normalized spacial score (nSPS) is 17.6. The van der Waals surface area contributed by atoms with E-state index < -0.39 is 0 Å². The lowest BCUT2D eigenvalue weighted by Gasteiger charge is -2.37. The van der Waals surface area contributed by atoms with Crippen molar-refractivity contribution in [2.24, 2.45) is 0 Å². The third kappa shape index (κ3) is 3.69. The number of nitrogens with one attached hydrogen (secondary N) is 1. The van der Waals surface area contributed by atoms with Gasteiger partial charge < -0.3 is 19.5 Å². The molecular weight excluding hydrogens is 318 g/mol. The van der Waals surface area contributed by atoms with Gasteiger partial charge >= 0.3 is 0 Å². The summed E-state index contributed by atoms with van der Waals surface area (Å²) in [6, 6.07) is 7.89. The molecule has 1 saturated heterocycles. The van der Waals surface area contributed by atoms with Crippen LogP contribution in [-0.4, -0.2) is 42.7 Å². The molecule has 1 N–H and O–H groups in total. The Kier molecular flexibility index (Phi) is 5.38. The van der Waals surface area contributed by atoms with Crippen molar-refractivity contribution in [2.75, 3.05) is 26.7 Å². The predicted molar refractivity (Wildman–Crippen MR) is 94.6 cm³/mol. The molecular formula is C19H25N3O3. The Morgan fingerprint density at radius 1 is 1.40 bits per heavy atom. The fraction of sp³-hybridized carbons (Fsp3) is 0.474. The molecule has 1 atom stereocenters. The van der Waals surface area contributed by atoms with Crippen molar-refractivity contribution >= 4 is 5.91 Å². The maximum Gasteiger partial charge on any atom is 0.223 e. The Bertz CT molecular complexity index is 722. The fourth-order valence-electron chi connectivity index (χ4n) is 3.46. The van der Waals surface area contributed by atoms with Gasteiger partial charge in [-0.1, -0.05) is 23.4 Å². The van der Waals surface area contributed by atoms with Gasteiger partial charge in [-0.2, -0.15) is 0 Å². The molecule has 6 nitrogen and oxygen atoms in total. The summed E-state index contributed by atoms with van der Waals surface area (Å²) in [5.74, 6) is 1.77. The van der Waals surface area contributed by atoms with Gasteiger partial charge in [0.2, 0.25) is 5.91 Å². The van der Waals surface area contributed by atoms with Crippen LogP contribution in [0.3, 0.4) is 0 Å². The van der Waals surface area contributed by atoms with E-state index >= 15 is 0 Å². The number of aromatic nitrogens is 1. The summed E-state index contributed by atoms with van der Waals surface area (Å²) in [6.45, 7) is 6.05. The van der Waals surface area contributed by atoms with Crippen LogP contribution in [-0.2, 0) is 11.2 Å². The number of carbonyl (C=O) groups excluding carboxylic acids is 1. The highest BCUT2D eigenvalue weighted by atomic mass is 16.5. The average molecular weight is 343 g/mol. The number of carbonyl (C=O) groups is 1. The fourth-order valence-corrected chi connectivity index (χ4v) is 3.46. The zero-order chi connectivity index (χ0) is 17.8. The van der Waals surface area contributed by atoms with Crippen LogP contribution in [0, 0.1) is 13.8 Å². The van der Waals surface area contributed by atoms with Gasteiger partial charge in [0.25, 0.3) is 0 Å². The molecule has 1 aromatic carbocycles. The van der Waals surface area contributed by atoms with Crippen molar-refractivity contribution in [1.82, 2.24) is 15.4 Å². The van der Waals surface area contributed by atoms with Gasteiger partial charge in [-0.05, 0) is 26.3 Å². The number of methoxy groups -OCH3 is 1. The van der Waals surface area contributed by atoms with Crippen molar-refractivity contribution in [3.8, 4) is 5.75 Å². The number of nitrogens with zero attached hydrogens (tertiary/aromatic N) is 2. The Morgan fingerprint density at radius 2 is 2.20 bits per heavy atom. The number of benzene rings is 1. The lowest BCUT2D eigenvalue weighted by atomic mass is 10.0. The first-order valence-electron chi connectivity index (χ1n) is 8.66. The lowest BCUT2D eigenvalue weighted by Crippen LogP contribution is -2.48. The number of rotatable bonds is 5. The highest BCUT2D eigenvalue weighted by molar-refractivity contribution is 5.77. The molecule has 0 saturated carbocycles. The van der Waals surface area contributed by atoms with E-state index in [-0.39, 0.29) is 11.9 Å². The molecule has 0 spiro atoms. The lowest BCUT2D eigenvalue weighted by molar-refractivity contribution is -0.134. The van der Waals surface area contributed by atoms with Gasteiger partial charge in [-0.25, -0.2) is 0 Å².